The predicted octanol–water partition coefficient (Wildman–Crippen LogP) is 7.25. The SMILES string of the molecule is CC[C@H]1CCC/C=C(\C)C(=O)[C@@H]2C[C@@H]3[C@@H](C=C[C@@H]4C[C@@H](O[Si](C)(C)C(C)(C)C)C[C@@H]34)[C@@H]2CC(=O)O1. The Labute approximate surface area is 214 Å². The van der Waals surface area contributed by atoms with Crippen molar-refractivity contribution >= 4 is 20.1 Å². The summed E-state index contributed by atoms with van der Waals surface area (Å²) in [4.78, 5) is 26.6. The van der Waals surface area contributed by atoms with Crippen molar-refractivity contribution in [2.45, 2.75) is 116 Å². The summed E-state index contributed by atoms with van der Waals surface area (Å²) in [6, 6.07) is 0. The average Bonchev–Trinajstić information content (AvgIpc) is 3.34. The third kappa shape index (κ3) is 5.56. The van der Waals surface area contributed by atoms with E-state index in [0.717, 1.165) is 50.5 Å². The first-order chi connectivity index (χ1) is 16.4. The molecule has 1 aliphatic heterocycles. The zero-order chi connectivity index (χ0) is 25.5. The van der Waals surface area contributed by atoms with E-state index in [-0.39, 0.29) is 34.7 Å². The first-order valence-electron chi connectivity index (χ1n) is 14.2. The lowest BCUT2D eigenvalue weighted by molar-refractivity contribution is -0.151. The number of cyclic esters (lactones) is 1. The molecule has 35 heavy (non-hydrogen) atoms. The molecule has 0 spiro atoms. The van der Waals surface area contributed by atoms with Crippen LogP contribution in [0.5, 0.6) is 0 Å². The summed E-state index contributed by atoms with van der Waals surface area (Å²) in [6.07, 6.45) is 14.2. The molecule has 0 aromatic carbocycles. The van der Waals surface area contributed by atoms with E-state index in [0.29, 0.717) is 36.2 Å². The van der Waals surface area contributed by atoms with Crippen molar-refractivity contribution in [3.8, 4) is 0 Å². The van der Waals surface area contributed by atoms with Crippen LogP contribution in [-0.4, -0.2) is 32.3 Å². The third-order valence-electron chi connectivity index (χ3n) is 10.1. The molecular formula is C30H48O4Si. The number of ether oxygens (including phenoxy) is 1. The minimum Gasteiger partial charge on any atom is -0.462 e. The van der Waals surface area contributed by atoms with Gasteiger partial charge in [-0.25, -0.2) is 0 Å². The van der Waals surface area contributed by atoms with E-state index in [1.165, 1.54) is 0 Å². The van der Waals surface area contributed by atoms with Crippen molar-refractivity contribution in [1.82, 2.24) is 0 Å². The van der Waals surface area contributed by atoms with E-state index in [1.54, 1.807) is 0 Å². The zero-order valence-electron chi connectivity index (χ0n) is 23.1. The molecule has 8 atom stereocenters. The van der Waals surface area contributed by atoms with Gasteiger partial charge in [0.15, 0.2) is 14.1 Å². The summed E-state index contributed by atoms with van der Waals surface area (Å²) in [5.74, 6) is 1.99. The fourth-order valence-electron chi connectivity index (χ4n) is 7.09. The molecule has 0 aromatic heterocycles. The quantitative estimate of drug-likeness (QED) is 0.233. The number of rotatable bonds is 3. The van der Waals surface area contributed by atoms with Crippen LogP contribution in [-0.2, 0) is 18.8 Å². The van der Waals surface area contributed by atoms with Crippen LogP contribution in [0.4, 0.5) is 0 Å². The van der Waals surface area contributed by atoms with Crippen LogP contribution in [0.3, 0.4) is 0 Å². The molecule has 0 N–H and O–H groups in total. The Morgan fingerprint density at radius 1 is 1.06 bits per heavy atom. The molecule has 2 saturated carbocycles. The number of carbonyl (C=O) groups excluding carboxylic acids is 2. The van der Waals surface area contributed by atoms with Crippen LogP contribution in [0.2, 0.25) is 18.1 Å². The fraction of sp³-hybridized carbons (Fsp3) is 0.800. The second-order valence-electron chi connectivity index (χ2n) is 13.3. The number of Topliss-reactive ketones (excluding diaryl/α,β-unsaturated/α-hetero) is 1. The highest BCUT2D eigenvalue weighted by atomic mass is 28.4. The molecule has 196 valence electrons. The summed E-state index contributed by atoms with van der Waals surface area (Å²) in [5, 5.41) is 0.208. The summed E-state index contributed by atoms with van der Waals surface area (Å²) in [6.45, 7) is 15.7. The molecule has 0 unspecified atom stereocenters. The molecule has 4 nitrogen and oxygen atoms in total. The number of hydrogen-bond acceptors (Lipinski definition) is 4. The number of ketones is 1. The topological polar surface area (TPSA) is 52.6 Å². The maximum atomic E-state index is 13.6. The molecule has 1 heterocycles. The van der Waals surface area contributed by atoms with Gasteiger partial charge in [0, 0.05) is 18.4 Å². The van der Waals surface area contributed by atoms with Crippen molar-refractivity contribution in [2.75, 3.05) is 0 Å². The average molecular weight is 501 g/mol. The third-order valence-corrected chi connectivity index (χ3v) is 14.6. The Bertz CT molecular complexity index is 866. The van der Waals surface area contributed by atoms with Gasteiger partial charge in [0.25, 0.3) is 0 Å². The van der Waals surface area contributed by atoms with Gasteiger partial charge in [0.05, 0.1) is 0 Å². The molecule has 5 heteroatoms. The lowest BCUT2D eigenvalue weighted by Gasteiger charge is -2.38. The van der Waals surface area contributed by atoms with Crippen LogP contribution < -0.4 is 0 Å². The van der Waals surface area contributed by atoms with E-state index in [4.69, 9.17) is 9.16 Å². The summed E-state index contributed by atoms with van der Waals surface area (Å²) < 4.78 is 12.8. The van der Waals surface area contributed by atoms with Gasteiger partial charge >= 0.3 is 5.97 Å². The van der Waals surface area contributed by atoms with E-state index in [1.807, 2.05) is 6.92 Å². The van der Waals surface area contributed by atoms with Crippen molar-refractivity contribution in [1.29, 1.82) is 0 Å². The summed E-state index contributed by atoms with van der Waals surface area (Å²) >= 11 is 0. The van der Waals surface area contributed by atoms with Crippen molar-refractivity contribution in [3.05, 3.63) is 23.8 Å². The highest BCUT2D eigenvalue weighted by Crippen LogP contribution is 2.57. The highest BCUT2D eigenvalue weighted by molar-refractivity contribution is 6.74. The van der Waals surface area contributed by atoms with Gasteiger partial charge in [-0.1, -0.05) is 45.9 Å². The molecule has 0 saturated heterocycles. The maximum absolute atomic E-state index is 13.6. The lowest BCUT2D eigenvalue weighted by atomic mass is 9.71. The summed E-state index contributed by atoms with van der Waals surface area (Å²) in [7, 11) is -1.82. The Hall–Kier alpha value is -1.20. The molecule has 0 bridgehead atoms. The van der Waals surface area contributed by atoms with Crippen LogP contribution in [0, 0.1) is 35.5 Å². The van der Waals surface area contributed by atoms with Gasteiger partial charge in [-0.15, -0.1) is 0 Å². The number of fused-ring (bicyclic) bond motifs is 5. The van der Waals surface area contributed by atoms with Gasteiger partial charge in [-0.2, -0.15) is 0 Å². The number of carbonyl (C=O) groups is 2. The van der Waals surface area contributed by atoms with E-state index >= 15 is 0 Å². The second kappa shape index (κ2) is 10.3. The van der Waals surface area contributed by atoms with Crippen LogP contribution in [0.1, 0.15) is 86.0 Å². The van der Waals surface area contributed by atoms with Gasteiger partial charge in [-0.3, -0.25) is 9.59 Å². The van der Waals surface area contributed by atoms with Gasteiger partial charge < -0.3 is 9.16 Å². The monoisotopic (exact) mass is 500 g/mol. The van der Waals surface area contributed by atoms with E-state index < -0.39 is 8.32 Å². The number of esters is 1. The first-order valence-corrected chi connectivity index (χ1v) is 17.1. The van der Waals surface area contributed by atoms with Gasteiger partial charge in [-0.05, 0) is 105 Å². The van der Waals surface area contributed by atoms with Gasteiger partial charge in [0.1, 0.15) is 6.10 Å². The zero-order valence-corrected chi connectivity index (χ0v) is 24.1. The van der Waals surface area contributed by atoms with Gasteiger partial charge in [0.2, 0.25) is 0 Å². The second-order valence-corrected chi connectivity index (χ2v) is 18.1. The molecule has 0 aromatic rings. The normalized spacial score (nSPS) is 40.0. The van der Waals surface area contributed by atoms with Crippen LogP contribution >= 0.6 is 0 Å². The fourth-order valence-corrected chi connectivity index (χ4v) is 8.47. The minimum absolute atomic E-state index is 0.00339. The molecule has 0 amide bonds. The highest BCUT2D eigenvalue weighted by Gasteiger charge is 2.54. The molecule has 4 rings (SSSR count). The van der Waals surface area contributed by atoms with Crippen LogP contribution in [0.25, 0.3) is 0 Å². The molecule has 0 radical (unpaired) electrons. The Balaban J connectivity index is 1.55. The molecule has 3 aliphatic carbocycles. The smallest absolute Gasteiger partial charge is 0.306 e. The minimum atomic E-state index is -1.82. The van der Waals surface area contributed by atoms with Crippen LogP contribution in [0.15, 0.2) is 23.8 Å². The largest absolute Gasteiger partial charge is 0.462 e. The lowest BCUT2D eigenvalue weighted by Crippen LogP contribution is -2.43. The molecule has 2 fully saturated rings. The van der Waals surface area contributed by atoms with E-state index in [9.17, 15) is 9.59 Å². The Morgan fingerprint density at radius 2 is 1.80 bits per heavy atom. The molecular weight excluding hydrogens is 452 g/mol. The van der Waals surface area contributed by atoms with Crippen molar-refractivity contribution < 1.29 is 18.8 Å². The Kier molecular flexibility index (Phi) is 7.89. The number of hydrogen-bond donors (Lipinski definition) is 0. The van der Waals surface area contributed by atoms with Crippen molar-refractivity contribution in [2.24, 2.45) is 35.5 Å². The molecule has 4 aliphatic rings. The predicted molar refractivity (Wildman–Crippen MR) is 143 cm³/mol. The van der Waals surface area contributed by atoms with E-state index in [2.05, 4.69) is 59.0 Å². The first kappa shape index (κ1) is 26.8. The standard InChI is InChI=1S/C30H48O4Si/c1-8-21-12-10-9-11-19(2)29(32)27-17-25-23(26(27)18-28(31)33-21)14-13-20-15-22(16-24(20)25)34-35(6,7)30(3,4)5/h11,13-14,20-27H,8-10,12,15-18H2,1-7H3/b19-11+/t20-,21+,22-,23-,24-,25-,26+,27-/m1/s1. The van der Waals surface area contributed by atoms with Crippen molar-refractivity contribution in [3.63, 3.8) is 0 Å². The Morgan fingerprint density at radius 3 is 2.49 bits per heavy atom. The number of allylic oxidation sites excluding steroid dienone is 4. The summed E-state index contributed by atoms with van der Waals surface area (Å²) in [5.41, 5.74) is 0.895. The maximum Gasteiger partial charge on any atom is 0.306 e.